The van der Waals surface area contributed by atoms with Gasteiger partial charge >= 0.3 is 5.97 Å². The fraction of sp³-hybridized carbons (Fsp3) is 0.188. The number of amides is 1. The number of aromatic nitrogens is 2. The Labute approximate surface area is 148 Å². The lowest BCUT2D eigenvalue weighted by Gasteiger charge is -2.07. The van der Waals surface area contributed by atoms with Crippen molar-refractivity contribution in [3.8, 4) is 6.07 Å². The van der Waals surface area contributed by atoms with Crippen LogP contribution in [0.2, 0.25) is 0 Å². The first-order chi connectivity index (χ1) is 12.0. The lowest BCUT2D eigenvalue weighted by Crippen LogP contribution is -2.15. The molecule has 1 amide bonds. The highest BCUT2D eigenvalue weighted by molar-refractivity contribution is 7.99. The van der Waals surface area contributed by atoms with Crippen LogP contribution in [0.15, 0.2) is 35.6 Å². The molecule has 0 radical (unpaired) electrons. The number of thioether (sulfide) groups is 1. The van der Waals surface area contributed by atoms with Crippen molar-refractivity contribution in [1.29, 1.82) is 5.26 Å². The van der Waals surface area contributed by atoms with Crippen molar-refractivity contribution in [2.75, 3.05) is 23.4 Å². The van der Waals surface area contributed by atoms with Gasteiger partial charge in [-0.2, -0.15) is 5.26 Å². The van der Waals surface area contributed by atoms with E-state index >= 15 is 0 Å². The molecule has 0 aliphatic heterocycles. The first kappa shape index (κ1) is 18.2. The Morgan fingerprint density at radius 2 is 2.16 bits per heavy atom. The van der Waals surface area contributed by atoms with E-state index in [-0.39, 0.29) is 34.8 Å². The van der Waals surface area contributed by atoms with Gasteiger partial charge < -0.3 is 15.8 Å². The molecule has 0 aliphatic carbocycles. The highest BCUT2D eigenvalue weighted by Gasteiger charge is 2.14. The first-order valence-electron chi connectivity index (χ1n) is 7.26. The van der Waals surface area contributed by atoms with Crippen LogP contribution in [-0.4, -0.2) is 34.2 Å². The Morgan fingerprint density at radius 1 is 1.40 bits per heavy atom. The monoisotopic (exact) mass is 357 g/mol. The molecule has 0 saturated carbocycles. The van der Waals surface area contributed by atoms with Crippen molar-refractivity contribution in [3.63, 3.8) is 0 Å². The number of anilines is 2. The highest BCUT2D eigenvalue weighted by atomic mass is 32.2. The smallest absolute Gasteiger partial charge is 0.343 e. The molecule has 0 spiro atoms. The summed E-state index contributed by atoms with van der Waals surface area (Å²) >= 11 is 1.06. The summed E-state index contributed by atoms with van der Waals surface area (Å²) in [6, 6.07) is 8.69. The van der Waals surface area contributed by atoms with Crippen LogP contribution in [0.3, 0.4) is 0 Å². The standard InChI is InChI=1S/C16H15N5O3S/c1-2-24-15(23)11-8-19-16(21-14(11)18)25-9-13(22)20-12-6-4-3-5-10(12)7-17/h3-6,8H,2,9H2,1H3,(H,20,22)(H2,18,19,21). The number of carbonyl (C=O) groups is 2. The average molecular weight is 357 g/mol. The second-order valence-electron chi connectivity index (χ2n) is 4.67. The summed E-state index contributed by atoms with van der Waals surface area (Å²) in [4.78, 5) is 31.6. The minimum absolute atomic E-state index is 0.00816. The number of para-hydroxylation sites is 1. The van der Waals surface area contributed by atoms with E-state index in [9.17, 15) is 9.59 Å². The van der Waals surface area contributed by atoms with Crippen LogP contribution in [0.1, 0.15) is 22.8 Å². The molecular formula is C16H15N5O3S. The third kappa shape index (κ3) is 4.92. The number of nitriles is 1. The summed E-state index contributed by atoms with van der Waals surface area (Å²) in [5, 5.41) is 11.9. The van der Waals surface area contributed by atoms with Crippen LogP contribution in [0.25, 0.3) is 0 Å². The molecule has 8 nitrogen and oxygen atoms in total. The van der Waals surface area contributed by atoms with Gasteiger partial charge in [0.1, 0.15) is 17.5 Å². The molecule has 1 aromatic heterocycles. The Bertz CT molecular complexity index is 835. The van der Waals surface area contributed by atoms with Crippen molar-refractivity contribution in [1.82, 2.24) is 9.97 Å². The molecule has 1 aromatic carbocycles. The van der Waals surface area contributed by atoms with Gasteiger partial charge in [0, 0.05) is 6.20 Å². The predicted molar refractivity (Wildman–Crippen MR) is 92.9 cm³/mol. The summed E-state index contributed by atoms with van der Waals surface area (Å²) in [5.74, 6) is -0.893. The van der Waals surface area contributed by atoms with E-state index in [2.05, 4.69) is 15.3 Å². The number of benzene rings is 1. The number of carbonyl (C=O) groups excluding carboxylic acids is 2. The molecule has 0 bridgehead atoms. The molecule has 0 saturated heterocycles. The second-order valence-corrected chi connectivity index (χ2v) is 5.61. The summed E-state index contributed by atoms with van der Waals surface area (Å²) in [5.41, 5.74) is 6.61. The van der Waals surface area contributed by atoms with E-state index in [1.54, 1.807) is 31.2 Å². The molecule has 0 fully saturated rings. The number of hydrogen-bond donors (Lipinski definition) is 2. The van der Waals surface area contributed by atoms with Crippen molar-refractivity contribution in [2.24, 2.45) is 0 Å². The molecule has 0 atom stereocenters. The number of rotatable bonds is 6. The zero-order valence-electron chi connectivity index (χ0n) is 13.4. The van der Waals surface area contributed by atoms with Gasteiger partial charge in [0.25, 0.3) is 0 Å². The number of hydrogen-bond acceptors (Lipinski definition) is 8. The molecule has 2 aromatic rings. The SMILES string of the molecule is CCOC(=O)c1cnc(SCC(=O)Nc2ccccc2C#N)nc1N. The molecule has 3 N–H and O–H groups in total. The molecule has 9 heteroatoms. The van der Waals surface area contributed by atoms with Gasteiger partial charge in [-0.15, -0.1) is 0 Å². The molecular weight excluding hydrogens is 342 g/mol. The highest BCUT2D eigenvalue weighted by Crippen LogP contribution is 2.18. The number of nitrogens with zero attached hydrogens (tertiary/aromatic N) is 3. The third-order valence-corrected chi connectivity index (χ3v) is 3.81. The molecule has 0 aliphatic rings. The van der Waals surface area contributed by atoms with Crippen molar-refractivity contribution in [2.45, 2.75) is 12.1 Å². The third-order valence-electron chi connectivity index (χ3n) is 2.95. The second kappa shape index (κ2) is 8.65. The van der Waals surface area contributed by atoms with Crippen molar-refractivity contribution >= 4 is 35.1 Å². The Hall–Kier alpha value is -3.12. The van der Waals surface area contributed by atoms with Crippen LogP contribution < -0.4 is 11.1 Å². The van der Waals surface area contributed by atoms with E-state index in [0.717, 1.165) is 11.8 Å². The molecule has 128 valence electrons. The van der Waals surface area contributed by atoms with Gasteiger partial charge in [-0.05, 0) is 19.1 Å². The minimum atomic E-state index is -0.595. The van der Waals surface area contributed by atoms with Crippen LogP contribution in [0.5, 0.6) is 0 Å². The van der Waals surface area contributed by atoms with E-state index < -0.39 is 5.97 Å². The number of ether oxygens (including phenoxy) is 1. The van der Waals surface area contributed by atoms with E-state index in [1.807, 2.05) is 6.07 Å². The predicted octanol–water partition coefficient (Wildman–Crippen LogP) is 1.84. The van der Waals surface area contributed by atoms with Gasteiger partial charge in [-0.3, -0.25) is 4.79 Å². The fourth-order valence-corrected chi connectivity index (χ4v) is 2.44. The van der Waals surface area contributed by atoms with E-state index in [4.69, 9.17) is 15.7 Å². The van der Waals surface area contributed by atoms with E-state index in [1.165, 1.54) is 6.20 Å². The summed E-state index contributed by atoms with van der Waals surface area (Å²) < 4.78 is 4.84. The summed E-state index contributed by atoms with van der Waals surface area (Å²) in [6.45, 7) is 1.90. The number of nitrogens with two attached hydrogens (primary N) is 1. The van der Waals surface area contributed by atoms with Gasteiger partial charge in [0.05, 0.1) is 23.6 Å². The summed E-state index contributed by atoms with van der Waals surface area (Å²) in [7, 11) is 0. The Kier molecular flexibility index (Phi) is 6.31. The number of nitrogens with one attached hydrogen (secondary N) is 1. The molecule has 0 unspecified atom stereocenters. The van der Waals surface area contributed by atoms with Crippen LogP contribution in [-0.2, 0) is 9.53 Å². The van der Waals surface area contributed by atoms with Crippen molar-refractivity contribution < 1.29 is 14.3 Å². The van der Waals surface area contributed by atoms with Crippen LogP contribution in [0.4, 0.5) is 11.5 Å². The van der Waals surface area contributed by atoms with Gasteiger partial charge in [0.15, 0.2) is 5.16 Å². The molecule has 1 heterocycles. The van der Waals surface area contributed by atoms with Gasteiger partial charge in [-0.25, -0.2) is 14.8 Å². The maximum Gasteiger partial charge on any atom is 0.343 e. The lowest BCUT2D eigenvalue weighted by molar-refractivity contribution is -0.113. The summed E-state index contributed by atoms with van der Waals surface area (Å²) in [6.07, 6.45) is 1.27. The topological polar surface area (TPSA) is 131 Å². The zero-order valence-corrected chi connectivity index (χ0v) is 14.2. The average Bonchev–Trinajstić information content (AvgIpc) is 2.60. The fourth-order valence-electron chi connectivity index (χ4n) is 1.82. The quantitative estimate of drug-likeness (QED) is 0.455. The number of nitrogen functional groups attached to an aromatic ring is 1. The van der Waals surface area contributed by atoms with Crippen LogP contribution >= 0.6 is 11.8 Å². The van der Waals surface area contributed by atoms with Crippen molar-refractivity contribution in [3.05, 3.63) is 41.6 Å². The lowest BCUT2D eigenvalue weighted by atomic mass is 10.2. The largest absolute Gasteiger partial charge is 0.462 e. The Balaban J connectivity index is 1.97. The van der Waals surface area contributed by atoms with Gasteiger partial charge in [0.2, 0.25) is 5.91 Å². The normalized spacial score (nSPS) is 9.92. The van der Waals surface area contributed by atoms with Crippen LogP contribution in [0, 0.1) is 11.3 Å². The van der Waals surface area contributed by atoms with E-state index in [0.29, 0.717) is 11.3 Å². The maximum absolute atomic E-state index is 12.0. The minimum Gasteiger partial charge on any atom is -0.462 e. The first-order valence-corrected chi connectivity index (χ1v) is 8.25. The molecule has 25 heavy (non-hydrogen) atoms. The van der Waals surface area contributed by atoms with Gasteiger partial charge in [-0.1, -0.05) is 23.9 Å². The molecule has 2 rings (SSSR count). The maximum atomic E-state index is 12.0. The number of esters is 1. The Morgan fingerprint density at radius 3 is 2.84 bits per heavy atom. The zero-order chi connectivity index (χ0) is 18.2.